The Kier molecular flexibility index (Phi) is 7.28. The molecule has 0 radical (unpaired) electrons. The lowest BCUT2D eigenvalue weighted by molar-refractivity contribution is -0.141. The molecule has 1 aliphatic rings. The first-order chi connectivity index (χ1) is 19.1. The monoisotopic (exact) mass is 571 g/mol. The predicted molar refractivity (Wildman–Crippen MR) is 142 cm³/mol. The maximum Gasteiger partial charge on any atom is 0.416 e. The predicted octanol–water partition coefficient (Wildman–Crippen LogP) is 5.43. The van der Waals surface area contributed by atoms with E-state index in [2.05, 4.69) is 9.72 Å². The van der Waals surface area contributed by atoms with Crippen LogP contribution in [0.5, 0.6) is 5.75 Å². The molecule has 40 heavy (non-hydrogen) atoms. The zero-order valence-electron chi connectivity index (χ0n) is 21.2. The van der Waals surface area contributed by atoms with Crippen LogP contribution in [0.1, 0.15) is 29.5 Å². The third-order valence-electron chi connectivity index (χ3n) is 6.47. The number of nitrogens with zero attached hydrogens (tertiary/aromatic N) is 3. The van der Waals surface area contributed by atoms with Gasteiger partial charge in [0.15, 0.2) is 0 Å². The normalized spacial score (nSPS) is 15.7. The number of benzene rings is 2. The fraction of sp³-hybridized carbons (Fsp3) is 0.214. The molecule has 0 N–H and O–H groups in total. The summed E-state index contributed by atoms with van der Waals surface area (Å²) in [6.45, 7) is -0.205. The number of anilines is 1. The zero-order chi connectivity index (χ0) is 28.5. The van der Waals surface area contributed by atoms with Crippen LogP contribution in [-0.4, -0.2) is 43.5 Å². The quantitative estimate of drug-likeness (QED) is 0.275. The third kappa shape index (κ3) is 5.53. The molecule has 0 saturated heterocycles. The van der Waals surface area contributed by atoms with Gasteiger partial charge in [-0.15, -0.1) is 0 Å². The van der Waals surface area contributed by atoms with Crippen molar-refractivity contribution in [2.24, 2.45) is 0 Å². The van der Waals surface area contributed by atoms with E-state index in [-0.39, 0.29) is 30.8 Å². The van der Waals surface area contributed by atoms with E-state index in [0.717, 1.165) is 33.7 Å². The standard InChI is InChI=1S/C28H24F3N3O5S/c1-38-26(35)12-10-22-18-34(40(36,37)23-6-2-5-21(17-23)28(29,30)31)24-16-19(8-11-25(24)39-22)7-9-20-4-3-14-33-15-13-32-27(20)33/h2-9,11,13-17,22H,10,12,18H2,1H3. The number of esters is 1. The van der Waals surface area contributed by atoms with E-state index in [4.69, 9.17) is 4.74 Å². The van der Waals surface area contributed by atoms with Crippen molar-refractivity contribution >= 4 is 39.5 Å². The van der Waals surface area contributed by atoms with Gasteiger partial charge in [0.05, 0.1) is 29.8 Å². The molecule has 2 aromatic heterocycles. The van der Waals surface area contributed by atoms with E-state index in [1.54, 1.807) is 30.5 Å². The molecule has 0 aliphatic carbocycles. The number of aromatic nitrogens is 2. The number of imidazole rings is 1. The summed E-state index contributed by atoms with van der Waals surface area (Å²) >= 11 is 0. The molecular formula is C28H24F3N3O5S. The molecule has 1 unspecified atom stereocenters. The average molecular weight is 572 g/mol. The molecule has 5 rings (SSSR count). The number of carbonyl (C=O) groups excluding carboxylic acids is 1. The first-order valence-electron chi connectivity index (χ1n) is 12.2. The van der Waals surface area contributed by atoms with Crippen LogP contribution in [0, 0.1) is 0 Å². The van der Waals surface area contributed by atoms with Gasteiger partial charge in [-0.2, -0.15) is 13.2 Å². The summed E-state index contributed by atoms with van der Waals surface area (Å²) in [5.74, 6) is -0.265. The van der Waals surface area contributed by atoms with E-state index >= 15 is 0 Å². The number of rotatable bonds is 7. The fourth-order valence-electron chi connectivity index (χ4n) is 4.44. The lowest BCUT2D eigenvalue weighted by Crippen LogP contribution is -2.43. The number of carbonyl (C=O) groups is 1. The SMILES string of the molecule is COC(=O)CCC1CN(S(=O)(=O)c2cccc(C(F)(F)F)c2)c2cc(C=Cc3cccn4ccnc34)ccc2O1. The van der Waals surface area contributed by atoms with Gasteiger partial charge in [0.25, 0.3) is 10.0 Å². The molecular weight excluding hydrogens is 547 g/mol. The second-order valence-corrected chi connectivity index (χ2v) is 11.0. The number of methoxy groups -OCH3 is 1. The maximum absolute atomic E-state index is 13.8. The Morgan fingerprint density at radius 2 is 1.95 bits per heavy atom. The molecule has 12 heteroatoms. The summed E-state index contributed by atoms with van der Waals surface area (Å²) in [7, 11) is -3.20. The first kappa shape index (κ1) is 27.3. The van der Waals surface area contributed by atoms with E-state index in [0.29, 0.717) is 11.6 Å². The minimum atomic E-state index is -4.72. The van der Waals surface area contributed by atoms with Gasteiger partial charge < -0.3 is 13.9 Å². The molecule has 2 aromatic carbocycles. The smallest absolute Gasteiger partial charge is 0.416 e. The molecule has 1 atom stereocenters. The third-order valence-corrected chi connectivity index (χ3v) is 8.24. The molecule has 4 aromatic rings. The van der Waals surface area contributed by atoms with Crippen molar-refractivity contribution in [3.63, 3.8) is 0 Å². The zero-order valence-corrected chi connectivity index (χ0v) is 22.0. The van der Waals surface area contributed by atoms with Crippen molar-refractivity contribution in [3.05, 3.63) is 89.9 Å². The van der Waals surface area contributed by atoms with Crippen molar-refractivity contribution < 1.29 is 35.9 Å². The number of halogens is 3. The summed E-state index contributed by atoms with van der Waals surface area (Å²) in [5.41, 5.74) is 1.30. The second-order valence-electron chi connectivity index (χ2n) is 9.10. The average Bonchev–Trinajstić information content (AvgIpc) is 3.43. The van der Waals surface area contributed by atoms with Crippen LogP contribution in [0.15, 0.2) is 78.1 Å². The highest BCUT2D eigenvalue weighted by Gasteiger charge is 2.37. The fourth-order valence-corrected chi connectivity index (χ4v) is 5.98. The van der Waals surface area contributed by atoms with Gasteiger partial charge >= 0.3 is 12.1 Å². The van der Waals surface area contributed by atoms with Gasteiger partial charge in [-0.3, -0.25) is 9.10 Å². The number of alkyl halides is 3. The second kappa shape index (κ2) is 10.7. The molecule has 8 nitrogen and oxygen atoms in total. The Hall–Kier alpha value is -4.32. The van der Waals surface area contributed by atoms with Crippen LogP contribution >= 0.6 is 0 Å². The Morgan fingerprint density at radius 3 is 2.73 bits per heavy atom. The highest BCUT2D eigenvalue weighted by Crippen LogP contribution is 2.40. The molecule has 0 spiro atoms. The molecule has 0 amide bonds. The molecule has 0 fully saturated rings. The Morgan fingerprint density at radius 1 is 1.12 bits per heavy atom. The number of pyridine rings is 1. The van der Waals surface area contributed by atoms with E-state index < -0.39 is 38.7 Å². The molecule has 1 aliphatic heterocycles. The summed E-state index contributed by atoms with van der Waals surface area (Å²) < 4.78 is 81.2. The van der Waals surface area contributed by atoms with E-state index in [1.807, 2.05) is 35.0 Å². The number of ether oxygens (including phenoxy) is 2. The highest BCUT2D eigenvalue weighted by atomic mass is 32.2. The lowest BCUT2D eigenvalue weighted by atomic mass is 10.1. The molecule has 0 saturated carbocycles. The van der Waals surface area contributed by atoms with Crippen LogP contribution < -0.4 is 9.04 Å². The number of sulfonamides is 1. The van der Waals surface area contributed by atoms with Crippen molar-refractivity contribution in [1.82, 2.24) is 9.38 Å². The van der Waals surface area contributed by atoms with Gasteiger partial charge in [0, 0.05) is 30.6 Å². The Labute approximate surface area is 228 Å². The largest absolute Gasteiger partial charge is 0.486 e. The summed E-state index contributed by atoms with van der Waals surface area (Å²) in [6.07, 6.45) is 3.65. The van der Waals surface area contributed by atoms with Crippen molar-refractivity contribution in [3.8, 4) is 5.75 Å². The van der Waals surface area contributed by atoms with Gasteiger partial charge in [0.1, 0.15) is 17.5 Å². The minimum absolute atomic E-state index is 0.0198. The van der Waals surface area contributed by atoms with Crippen molar-refractivity contribution in [2.45, 2.75) is 30.0 Å². The van der Waals surface area contributed by atoms with E-state index in [1.165, 1.54) is 7.11 Å². The van der Waals surface area contributed by atoms with Gasteiger partial charge in [-0.05, 0) is 54.4 Å². The summed E-state index contributed by atoms with van der Waals surface area (Å²) in [6, 6.07) is 12.3. The summed E-state index contributed by atoms with van der Waals surface area (Å²) in [5, 5.41) is 0. The van der Waals surface area contributed by atoms with Gasteiger partial charge in [0.2, 0.25) is 0 Å². The topological polar surface area (TPSA) is 90.2 Å². The van der Waals surface area contributed by atoms with Crippen LogP contribution in [0.25, 0.3) is 17.8 Å². The Bertz CT molecular complexity index is 1700. The number of hydrogen-bond acceptors (Lipinski definition) is 6. The number of hydrogen-bond donors (Lipinski definition) is 0. The van der Waals surface area contributed by atoms with Crippen LogP contribution in [0.2, 0.25) is 0 Å². The summed E-state index contributed by atoms with van der Waals surface area (Å²) in [4.78, 5) is 15.5. The lowest BCUT2D eigenvalue weighted by Gasteiger charge is -2.35. The molecule has 208 valence electrons. The van der Waals surface area contributed by atoms with Crippen LogP contribution in [0.4, 0.5) is 18.9 Å². The minimum Gasteiger partial charge on any atom is -0.486 e. The number of fused-ring (bicyclic) bond motifs is 2. The van der Waals surface area contributed by atoms with Gasteiger partial charge in [-0.1, -0.05) is 24.3 Å². The van der Waals surface area contributed by atoms with Crippen LogP contribution in [-0.2, 0) is 25.7 Å². The maximum atomic E-state index is 13.8. The van der Waals surface area contributed by atoms with Crippen molar-refractivity contribution in [2.75, 3.05) is 18.0 Å². The Balaban J connectivity index is 1.53. The van der Waals surface area contributed by atoms with Gasteiger partial charge in [-0.25, -0.2) is 13.4 Å². The first-order valence-corrected chi connectivity index (χ1v) is 13.7. The van der Waals surface area contributed by atoms with Crippen molar-refractivity contribution in [1.29, 1.82) is 0 Å². The highest BCUT2D eigenvalue weighted by molar-refractivity contribution is 7.92. The molecule has 0 bridgehead atoms. The van der Waals surface area contributed by atoms with Crippen LogP contribution in [0.3, 0.4) is 0 Å². The van der Waals surface area contributed by atoms with E-state index in [9.17, 15) is 26.4 Å². The molecule has 3 heterocycles.